The molecule has 4 heteroatoms. The summed E-state index contributed by atoms with van der Waals surface area (Å²) in [5.74, 6) is 0. The molecule has 0 bridgehead atoms. The summed E-state index contributed by atoms with van der Waals surface area (Å²) in [5, 5.41) is 14.1. The summed E-state index contributed by atoms with van der Waals surface area (Å²) < 4.78 is 5.51. The van der Waals surface area contributed by atoms with Crippen LogP contribution < -0.4 is 5.32 Å². The monoisotopic (exact) mass is 289 g/mol. The van der Waals surface area contributed by atoms with Crippen molar-refractivity contribution in [3.63, 3.8) is 0 Å². The highest BCUT2D eigenvalue weighted by molar-refractivity contribution is 7.99. The summed E-state index contributed by atoms with van der Waals surface area (Å²) in [6.07, 6.45) is 10.5. The molecule has 0 heterocycles. The quantitative estimate of drug-likeness (QED) is 0.574. The molecule has 0 aromatic carbocycles. The molecule has 0 aromatic heterocycles. The van der Waals surface area contributed by atoms with Crippen LogP contribution in [-0.2, 0) is 4.74 Å². The Bertz CT molecular complexity index is 216. The van der Waals surface area contributed by atoms with Crippen molar-refractivity contribution in [1.29, 1.82) is 0 Å². The molecule has 1 fully saturated rings. The molecule has 0 aliphatic heterocycles. The highest BCUT2D eigenvalue weighted by Crippen LogP contribution is 2.27. The predicted octanol–water partition coefficient (Wildman–Crippen LogP) is 2.82. The van der Waals surface area contributed by atoms with Crippen molar-refractivity contribution in [3.8, 4) is 0 Å². The van der Waals surface area contributed by atoms with Crippen molar-refractivity contribution in [2.24, 2.45) is 0 Å². The zero-order valence-electron chi connectivity index (χ0n) is 12.6. The van der Waals surface area contributed by atoms with Gasteiger partial charge in [0.05, 0.1) is 12.7 Å². The van der Waals surface area contributed by atoms with Crippen LogP contribution >= 0.6 is 11.8 Å². The van der Waals surface area contributed by atoms with Gasteiger partial charge in [-0.15, -0.1) is 0 Å². The summed E-state index contributed by atoms with van der Waals surface area (Å²) in [7, 11) is 0. The lowest BCUT2D eigenvalue weighted by atomic mass is 10.2. The highest BCUT2D eigenvalue weighted by Gasteiger charge is 2.23. The number of unbranched alkanes of at least 4 members (excludes halogenated alkanes) is 3. The van der Waals surface area contributed by atoms with E-state index >= 15 is 0 Å². The minimum atomic E-state index is -0.362. The van der Waals surface area contributed by atoms with E-state index in [1.807, 2.05) is 11.8 Å². The zero-order chi connectivity index (χ0) is 13.9. The molecular weight excluding hydrogens is 258 g/mol. The lowest BCUT2D eigenvalue weighted by Crippen LogP contribution is -2.36. The lowest BCUT2D eigenvalue weighted by Gasteiger charge is -2.16. The average Bonchev–Trinajstić information content (AvgIpc) is 2.88. The van der Waals surface area contributed by atoms with Crippen molar-refractivity contribution in [1.82, 2.24) is 5.32 Å². The van der Waals surface area contributed by atoms with E-state index in [0.29, 0.717) is 19.2 Å². The number of thioether (sulfide) groups is 1. The van der Waals surface area contributed by atoms with E-state index in [4.69, 9.17) is 4.74 Å². The molecule has 0 radical (unpaired) electrons. The second-order valence-corrected chi connectivity index (χ2v) is 6.70. The summed E-state index contributed by atoms with van der Waals surface area (Å²) >= 11 is 1.97. The Hall–Kier alpha value is 0.230. The van der Waals surface area contributed by atoms with Crippen LogP contribution in [-0.4, -0.2) is 48.5 Å². The third kappa shape index (κ3) is 8.18. The molecular formula is C15H31NO2S. The Labute approximate surface area is 122 Å². The van der Waals surface area contributed by atoms with Crippen LogP contribution in [0.2, 0.25) is 0 Å². The fourth-order valence-corrected chi connectivity index (χ4v) is 3.35. The molecule has 2 N–H and O–H groups in total. The molecule has 1 saturated carbocycles. The van der Waals surface area contributed by atoms with Gasteiger partial charge in [-0.1, -0.05) is 26.2 Å². The molecule has 1 aliphatic carbocycles. The van der Waals surface area contributed by atoms with Crippen molar-refractivity contribution >= 4 is 11.8 Å². The maximum Gasteiger partial charge on any atom is 0.0897 e. The minimum absolute atomic E-state index is 0.362. The first-order valence-corrected chi connectivity index (χ1v) is 9.07. The van der Waals surface area contributed by atoms with Gasteiger partial charge in [0.15, 0.2) is 0 Å². The Balaban J connectivity index is 1.92. The third-order valence-electron chi connectivity index (χ3n) is 3.81. The van der Waals surface area contributed by atoms with E-state index in [9.17, 15) is 5.11 Å². The second-order valence-electron chi connectivity index (χ2n) is 5.57. The van der Waals surface area contributed by atoms with Crippen molar-refractivity contribution in [3.05, 3.63) is 0 Å². The molecule has 114 valence electrons. The maximum absolute atomic E-state index is 9.84. The van der Waals surface area contributed by atoms with Gasteiger partial charge < -0.3 is 15.2 Å². The first-order valence-electron chi connectivity index (χ1n) is 7.78. The largest absolute Gasteiger partial charge is 0.389 e. The van der Waals surface area contributed by atoms with E-state index in [-0.39, 0.29) is 6.10 Å². The van der Waals surface area contributed by atoms with Gasteiger partial charge in [0, 0.05) is 24.4 Å². The Morgan fingerprint density at radius 1 is 1.32 bits per heavy atom. The minimum Gasteiger partial charge on any atom is -0.389 e. The smallest absolute Gasteiger partial charge is 0.0897 e. The van der Waals surface area contributed by atoms with Gasteiger partial charge in [0.2, 0.25) is 0 Å². The van der Waals surface area contributed by atoms with E-state index in [2.05, 4.69) is 18.5 Å². The molecule has 1 aliphatic rings. The number of hydrogen-bond donors (Lipinski definition) is 2. The first-order chi connectivity index (χ1) is 9.26. The standard InChI is InChI=1S/C15H31NO2S/c1-3-4-5-6-9-18-12-14(17)11-16-13-7-8-15(10-13)19-2/h13-17H,3-12H2,1-2H3. The van der Waals surface area contributed by atoms with E-state index < -0.39 is 0 Å². The van der Waals surface area contributed by atoms with Gasteiger partial charge in [-0.2, -0.15) is 11.8 Å². The van der Waals surface area contributed by atoms with Gasteiger partial charge in [0.1, 0.15) is 0 Å². The van der Waals surface area contributed by atoms with E-state index in [0.717, 1.165) is 18.3 Å². The highest BCUT2D eigenvalue weighted by atomic mass is 32.2. The second kappa shape index (κ2) is 11.0. The number of ether oxygens (including phenoxy) is 1. The normalized spacial score (nSPS) is 24.8. The molecule has 0 saturated heterocycles. The topological polar surface area (TPSA) is 41.5 Å². The van der Waals surface area contributed by atoms with Gasteiger partial charge in [-0.3, -0.25) is 0 Å². The average molecular weight is 289 g/mol. The van der Waals surface area contributed by atoms with Crippen LogP contribution in [0.4, 0.5) is 0 Å². The Morgan fingerprint density at radius 2 is 2.16 bits per heavy atom. The van der Waals surface area contributed by atoms with E-state index in [1.165, 1.54) is 38.5 Å². The van der Waals surface area contributed by atoms with Crippen molar-refractivity contribution < 1.29 is 9.84 Å². The first kappa shape index (κ1) is 17.3. The summed E-state index contributed by atoms with van der Waals surface area (Å²) in [6, 6.07) is 0.594. The molecule has 0 amide bonds. The van der Waals surface area contributed by atoms with Crippen molar-refractivity contribution in [2.45, 2.75) is 69.3 Å². The number of aliphatic hydroxyl groups is 1. The van der Waals surface area contributed by atoms with Gasteiger partial charge in [0.25, 0.3) is 0 Å². The van der Waals surface area contributed by atoms with Crippen molar-refractivity contribution in [2.75, 3.05) is 26.0 Å². The molecule has 0 aromatic rings. The third-order valence-corrected chi connectivity index (χ3v) is 4.91. The van der Waals surface area contributed by atoms with Crippen LogP contribution in [0.25, 0.3) is 0 Å². The number of hydrogen-bond acceptors (Lipinski definition) is 4. The molecule has 1 rings (SSSR count). The van der Waals surface area contributed by atoms with Crippen LogP contribution in [0, 0.1) is 0 Å². The van der Waals surface area contributed by atoms with Gasteiger partial charge in [-0.05, 0) is 31.9 Å². The number of rotatable bonds is 11. The molecule has 3 atom stereocenters. The van der Waals surface area contributed by atoms with Crippen LogP contribution in [0.5, 0.6) is 0 Å². The fraction of sp³-hybridized carbons (Fsp3) is 1.00. The van der Waals surface area contributed by atoms with Crippen LogP contribution in [0.3, 0.4) is 0 Å². The fourth-order valence-electron chi connectivity index (χ4n) is 2.55. The van der Waals surface area contributed by atoms with E-state index in [1.54, 1.807) is 0 Å². The molecule has 3 unspecified atom stereocenters. The van der Waals surface area contributed by atoms with Crippen LogP contribution in [0.15, 0.2) is 0 Å². The van der Waals surface area contributed by atoms with Gasteiger partial charge >= 0.3 is 0 Å². The molecule has 19 heavy (non-hydrogen) atoms. The number of aliphatic hydroxyl groups excluding tert-OH is 1. The van der Waals surface area contributed by atoms with Gasteiger partial charge in [-0.25, -0.2) is 0 Å². The number of nitrogens with one attached hydrogen (secondary N) is 1. The summed E-state index contributed by atoms with van der Waals surface area (Å²) in [6.45, 7) is 4.13. The predicted molar refractivity (Wildman–Crippen MR) is 83.9 cm³/mol. The Morgan fingerprint density at radius 3 is 2.84 bits per heavy atom. The molecule has 0 spiro atoms. The summed E-state index contributed by atoms with van der Waals surface area (Å²) in [5.41, 5.74) is 0. The molecule has 3 nitrogen and oxygen atoms in total. The lowest BCUT2D eigenvalue weighted by molar-refractivity contribution is 0.0342. The zero-order valence-corrected chi connectivity index (χ0v) is 13.4. The summed E-state index contributed by atoms with van der Waals surface area (Å²) in [4.78, 5) is 0. The Kier molecular flexibility index (Phi) is 9.96. The maximum atomic E-state index is 9.84. The SMILES string of the molecule is CCCCCCOCC(O)CNC1CCC(SC)C1. The van der Waals surface area contributed by atoms with Crippen LogP contribution in [0.1, 0.15) is 51.9 Å².